The van der Waals surface area contributed by atoms with Gasteiger partial charge in [-0.2, -0.15) is 0 Å². The molecule has 1 saturated carbocycles. The van der Waals surface area contributed by atoms with Crippen LogP contribution in [0.5, 0.6) is 0 Å². The van der Waals surface area contributed by atoms with E-state index >= 15 is 0 Å². The quantitative estimate of drug-likeness (QED) is 0.630. The predicted octanol–water partition coefficient (Wildman–Crippen LogP) is 3.29. The Labute approximate surface area is 126 Å². The molecule has 0 radical (unpaired) electrons. The number of nitrogens with one attached hydrogen (secondary N) is 1. The Morgan fingerprint density at radius 3 is 2.70 bits per heavy atom. The van der Waals surface area contributed by atoms with Gasteiger partial charge >= 0.3 is 0 Å². The monoisotopic (exact) mass is 284 g/mol. The second-order valence-electron chi connectivity index (χ2n) is 6.33. The summed E-state index contributed by atoms with van der Waals surface area (Å²) in [7, 11) is 1.80. The van der Waals surface area contributed by atoms with E-state index in [4.69, 9.17) is 4.74 Å². The third-order valence-corrected chi connectivity index (χ3v) is 4.90. The highest BCUT2D eigenvalue weighted by Gasteiger charge is 2.27. The first-order valence-corrected chi connectivity index (χ1v) is 8.69. The van der Waals surface area contributed by atoms with Gasteiger partial charge < -0.3 is 10.1 Å². The SMILES string of the molecule is CCCNC1CCCC1CCN(CCOC)C(C)CC. The minimum absolute atomic E-state index is 0.675. The molecule has 0 bridgehead atoms. The molecule has 1 aliphatic carbocycles. The fourth-order valence-corrected chi connectivity index (χ4v) is 3.33. The lowest BCUT2D eigenvalue weighted by molar-refractivity contribution is 0.116. The summed E-state index contributed by atoms with van der Waals surface area (Å²) >= 11 is 0. The van der Waals surface area contributed by atoms with Gasteiger partial charge in [-0.25, -0.2) is 0 Å². The molecule has 3 heteroatoms. The zero-order valence-corrected chi connectivity index (χ0v) is 14.2. The van der Waals surface area contributed by atoms with Crippen LogP contribution < -0.4 is 5.32 Å². The molecule has 3 nitrogen and oxygen atoms in total. The van der Waals surface area contributed by atoms with Gasteiger partial charge in [-0.3, -0.25) is 4.90 Å². The van der Waals surface area contributed by atoms with Gasteiger partial charge in [-0.1, -0.05) is 20.3 Å². The summed E-state index contributed by atoms with van der Waals surface area (Å²) in [4.78, 5) is 2.61. The molecule has 120 valence electrons. The fraction of sp³-hybridized carbons (Fsp3) is 1.00. The number of ether oxygens (including phenoxy) is 1. The number of hydrogen-bond acceptors (Lipinski definition) is 3. The van der Waals surface area contributed by atoms with Gasteiger partial charge in [0.1, 0.15) is 0 Å². The topological polar surface area (TPSA) is 24.5 Å². The van der Waals surface area contributed by atoms with Crippen molar-refractivity contribution < 1.29 is 4.74 Å². The Balaban J connectivity index is 2.36. The van der Waals surface area contributed by atoms with Crippen LogP contribution in [0.1, 0.15) is 59.3 Å². The molecule has 0 amide bonds. The van der Waals surface area contributed by atoms with Crippen LogP contribution in [0.3, 0.4) is 0 Å². The molecule has 1 rings (SSSR count). The van der Waals surface area contributed by atoms with Gasteiger partial charge in [0.15, 0.2) is 0 Å². The van der Waals surface area contributed by atoms with Gasteiger partial charge in [0.25, 0.3) is 0 Å². The van der Waals surface area contributed by atoms with Crippen LogP contribution in [0.15, 0.2) is 0 Å². The minimum Gasteiger partial charge on any atom is -0.383 e. The highest BCUT2D eigenvalue weighted by Crippen LogP contribution is 2.28. The van der Waals surface area contributed by atoms with Gasteiger partial charge in [-0.15, -0.1) is 0 Å². The molecule has 0 saturated heterocycles. The number of methoxy groups -OCH3 is 1. The minimum atomic E-state index is 0.675. The standard InChI is InChI=1S/C17H36N2O/c1-5-11-18-17-9-7-8-16(17)10-12-19(13-14-20-4)15(3)6-2/h15-18H,5-14H2,1-4H3. The van der Waals surface area contributed by atoms with Crippen molar-refractivity contribution in [3.8, 4) is 0 Å². The molecule has 1 aliphatic rings. The molecular formula is C17H36N2O. The van der Waals surface area contributed by atoms with Crippen LogP contribution in [-0.2, 0) is 4.74 Å². The largest absolute Gasteiger partial charge is 0.383 e. The number of rotatable bonds is 11. The van der Waals surface area contributed by atoms with Crippen molar-refractivity contribution in [1.82, 2.24) is 10.2 Å². The summed E-state index contributed by atoms with van der Waals surface area (Å²) in [6.07, 6.45) is 8.02. The van der Waals surface area contributed by atoms with Crippen molar-refractivity contribution >= 4 is 0 Å². The van der Waals surface area contributed by atoms with Crippen LogP contribution in [0, 0.1) is 5.92 Å². The first-order chi connectivity index (χ1) is 9.72. The van der Waals surface area contributed by atoms with Gasteiger partial charge in [0, 0.05) is 25.7 Å². The normalized spacial score (nSPS) is 24.4. The molecule has 0 spiro atoms. The molecule has 0 heterocycles. The molecule has 20 heavy (non-hydrogen) atoms. The molecule has 0 aromatic rings. The first kappa shape index (κ1) is 17.9. The Morgan fingerprint density at radius 1 is 1.25 bits per heavy atom. The van der Waals surface area contributed by atoms with E-state index in [0.717, 1.165) is 25.1 Å². The van der Waals surface area contributed by atoms with Gasteiger partial charge in [-0.05, 0) is 58.0 Å². The van der Waals surface area contributed by atoms with Crippen LogP contribution in [0.25, 0.3) is 0 Å². The summed E-state index contributed by atoms with van der Waals surface area (Å²) in [5, 5.41) is 3.75. The van der Waals surface area contributed by atoms with Crippen molar-refractivity contribution in [3.63, 3.8) is 0 Å². The highest BCUT2D eigenvalue weighted by molar-refractivity contribution is 4.84. The van der Waals surface area contributed by atoms with Crippen LogP contribution >= 0.6 is 0 Å². The Kier molecular flexibility index (Phi) is 9.49. The zero-order valence-electron chi connectivity index (χ0n) is 14.2. The van der Waals surface area contributed by atoms with E-state index in [2.05, 4.69) is 31.0 Å². The van der Waals surface area contributed by atoms with Gasteiger partial charge in [0.2, 0.25) is 0 Å². The maximum absolute atomic E-state index is 5.26. The van der Waals surface area contributed by atoms with Crippen LogP contribution in [0.4, 0.5) is 0 Å². The second-order valence-corrected chi connectivity index (χ2v) is 6.33. The predicted molar refractivity (Wildman–Crippen MR) is 87.2 cm³/mol. The van der Waals surface area contributed by atoms with Gasteiger partial charge in [0.05, 0.1) is 6.61 Å². The molecule has 3 atom stereocenters. The fourth-order valence-electron chi connectivity index (χ4n) is 3.33. The summed E-state index contributed by atoms with van der Waals surface area (Å²) in [5.41, 5.74) is 0. The number of hydrogen-bond donors (Lipinski definition) is 1. The second kappa shape index (κ2) is 10.6. The molecule has 0 aliphatic heterocycles. The third kappa shape index (κ3) is 6.11. The summed E-state index contributed by atoms with van der Waals surface area (Å²) in [6, 6.07) is 1.45. The van der Waals surface area contributed by atoms with Crippen molar-refractivity contribution in [2.24, 2.45) is 5.92 Å². The molecule has 0 aromatic heterocycles. The lowest BCUT2D eigenvalue weighted by Crippen LogP contribution is -2.39. The third-order valence-electron chi connectivity index (χ3n) is 4.90. The molecule has 3 unspecified atom stereocenters. The average Bonchev–Trinajstić information content (AvgIpc) is 2.92. The highest BCUT2D eigenvalue weighted by atomic mass is 16.5. The van der Waals surface area contributed by atoms with Crippen molar-refractivity contribution in [1.29, 1.82) is 0 Å². The van der Waals surface area contributed by atoms with E-state index in [-0.39, 0.29) is 0 Å². The average molecular weight is 284 g/mol. The maximum atomic E-state index is 5.26. The van der Waals surface area contributed by atoms with E-state index in [0.29, 0.717) is 6.04 Å². The molecule has 1 fully saturated rings. The van der Waals surface area contributed by atoms with Crippen LogP contribution in [0.2, 0.25) is 0 Å². The van der Waals surface area contributed by atoms with E-state index in [1.54, 1.807) is 7.11 Å². The molecule has 0 aromatic carbocycles. The van der Waals surface area contributed by atoms with Crippen molar-refractivity contribution in [3.05, 3.63) is 0 Å². The number of nitrogens with zero attached hydrogens (tertiary/aromatic N) is 1. The van der Waals surface area contributed by atoms with Crippen molar-refractivity contribution in [2.45, 2.75) is 71.4 Å². The maximum Gasteiger partial charge on any atom is 0.0589 e. The Hall–Kier alpha value is -0.120. The summed E-state index contributed by atoms with van der Waals surface area (Å²) in [6.45, 7) is 11.2. The Bertz CT molecular complexity index is 235. The Morgan fingerprint density at radius 2 is 2.05 bits per heavy atom. The molecule has 1 N–H and O–H groups in total. The van der Waals surface area contributed by atoms with E-state index in [1.807, 2.05) is 0 Å². The summed E-state index contributed by atoms with van der Waals surface area (Å²) < 4.78 is 5.26. The summed E-state index contributed by atoms with van der Waals surface area (Å²) in [5.74, 6) is 0.885. The van der Waals surface area contributed by atoms with Crippen LogP contribution in [-0.4, -0.2) is 50.3 Å². The van der Waals surface area contributed by atoms with E-state index in [1.165, 1.54) is 51.6 Å². The zero-order chi connectivity index (χ0) is 14.8. The lowest BCUT2D eigenvalue weighted by Gasteiger charge is -2.30. The molecular weight excluding hydrogens is 248 g/mol. The van der Waals surface area contributed by atoms with Crippen molar-refractivity contribution in [2.75, 3.05) is 33.4 Å². The lowest BCUT2D eigenvalue weighted by atomic mass is 9.98. The van der Waals surface area contributed by atoms with E-state index < -0.39 is 0 Å². The smallest absolute Gasteiger partial charge is 0.0589 e. The van der Waals surface area contributed by atoms with E-state index in [9.17, 15) is 0 Å². The first-order valence-electron chi connectivity index (χ1n) is 8.69.